The average Bonchev–Trinajstić information content (AvgIpc) is 2.47. The SMILES string of the molecule is CC(NCCc1ccccc1)c1ccc(C(C)(C)C)cc1. The van der Waals surface area contributed by atoms with Crippen LogP contribution in [-0.2, 0) is 11.8 Å². The Hall–Kier alpha value is -1.60. The molecule has 0 aliphatic carbocycles. The third kappa shape index (κ3) is 4.71. The van der Waals surface area contributed by atoms with Gasteiger partial charge in [-0.1, -0.05) is 75.4 Å². The van der Waals surface area contributed by atoms with Gasteiger partial charge in [-0.15, -0.1) is 0 Å². The van der Waals surface area contributed by atoms with Crippen molar-refractivity contribution < 1.29 is 0 Å². The Morgan fingerprint density at radius 3 is 2.10 bits per heavy atom. The molecule has 2 rings (SSSR count). The minimum absolute atomic E-state index is 0.225. The van der Waals surface area contributed by atoms with Crippen LogP contribution in [0.5, 0.6) is 0 Å². The Kier molecular flexibility index (Phi) is 5.19. The molecule has 1 N–H and O–H groups in total. The van der Waals surface area contributed by atoms with E-state index in [1.807, 2.05) is 0 Å². The second-order valence-electron chi connectivity index (χ2n) is 6.78. The summed E-state index contributed by atoms with van der Waals surface area (Å²) < 4.78 is 0. The highest BCUT2D eigenvalue weighted by Crippen LogP contribution is 2.23. The van der Waals surface area contributed by atoms with E-state index in [1.165, 1.54) is 16.7 Å². The van der Waals surface area contributed by atoms with Crippen molar-refractivity contribution in [3.63, 3.8) is 0 Å². The van der Waals surface area contributed by atoms with Gasteiger partial charge in [-0.05, 0) is 42.0 Å². The first kappa shape index (κ1) is 15.8. The van der Waals surface area contributed by atoms with Gasteiger partial charge >= 0.3 is 0 Å². The summed E-state index contributed by atoms with van der Waals surface area (Å²) in [6.07, 6.45) is 1.07. The fraction of sp³-hybridized carbons (Fsp3) is 0.400. The number of rotatable bonds is 5. The van der Waals surface area contributed by atoms with Crippen LogP contribution in [0.3, 0.4) is 0 Å². The normalized spacial score (nSPS) is 13.1. The molecule has 0 saturated heterocycles. The third-order valence-corrected chi connectivity index (χ3v) is 3.98. The van der Waals surface area contributed by atoms with E-state index in [9.17, 15) is 0 Å². The minimum Gasteiger partial charge on any atom is -0.310 e. The monoisotopic (exact) mass is 281 g/mol. The molecular formula is C20H27N. The van der Waals surface area contributed by atoms with Gasteiger partial charge in [0.25, 0.3) is 0 Å². The summed E-state index contributed by atoms with van der Waals surface area (Å²) in [5.41, 5.74) is 4.36. The topological polar surface area (TPSA) is 12.0 Å². The van der Waals surface area contributed by atoms with E-state index in [4.69, 9.17) is 0 Å². The highest BCUT2D eigenvalue weighted by molar-refractivity contribution is 5.29. The van der Waals surface area contributed by atoms with Gasteiger partial charge in [0.2, 0.25) is 0 Å². The van der Waals surface area contributed by atoms with Crippen molar-refractivity contribution in [3.8, 4) is 0 Å². The molecule has 0 aromatic heterocycles. The third-order valence-electron chi connectivity index (χ3n) is 3.98. The predicted molar refractivity (Wildman–Crippen MR) is 91.7 cm³/mol. The molecule has 1 atom stereocenters. The molecule has 1 heteroatoms. The standard InChI is InChI=1S/C20H27N/c1-16(21-15-14-17-8-6-5-7-9-17)18-10-12-19(13-11-18)20(2,3)4/h5-13,16,21H,14-15H2,1-4H3. The van der Waals surface area contributed by atoms with Crippen molar-refractivity contribution in [2.45, 2.75) is 45.6 Å². The molecule has 0 saturated carbocycles. The van der Waals surface area contributed by atoms with E-state index in [0.29, 0.717) is 6.04 Å². The number of hydrogen-bond acceptors (Lipinski definition) is 1. The van der Waals surface area contributed by atoms with Crippen molar-refractivity contribution in [2.24, 2.45) is 0 Å². The van der Waals surface area contributed by atoms with Crippen molar-refractivity contribution in [2.75, 3.05) is 6.54 Å². The van der Waals surface area contributed by atoms with Gasteiger partial charge in [-0.3, -0.25) is 0 Å². The first-order valence-electron chi connectivity index (χ1n) is 7.84. The van der Waals surface area contributed by atoms with Gasteiger partial charge in [-0.2, -0.15) is 0 Å². The van der Waals surface area contributed by atoms with Gasteiger partial charge < -0.3 is 5.32 Å². The molecule has 0 fully saturated rings. The fourth-order valence-electron chi connectivity index (χ4n) is 2.47. The smallest absolute Gasteiger partial charge is 0.0291 e. The lowest BCUT2D eigenvalue weighted by Crippen LogP contribution is -2.21. The first-order chi connectivity index (χ1) is 9.97. The van der Waals surface area contributed by atoms with Crippen LogP contribution in [0.25, 0.3) is 0 Å². The second kappa shape index (κ2) is 6.91. The molecule has 2 aromatic carbocycles. The predicted octanol–water partition coefficient (Wildman–Crippen LogP) is 4.88. The van der Waals surface area contributed by atoms with Crippen LogP contribution in [0, 0.1) is 0 Å². The minimum atomic E-state index is 0.225. The molecule has 0 radical (unpaired) electrons. The van der Waals surface area contributed by atoms with Crippen LogP contribution in [-0.4, -0.2) is 6.54 Å². The molecule has 1 unspecified atom stereocenters. The molecule has 0 aliphatic rings. The molecule has 112 valence electrons. The van der Waals surface area contributed by atoms with E-state index >= 15 is 0 Å². The summed E-state index contributed by atoms with van der Waals surface area (Å²) in [5, 5.41) is 3.61. The lowest BCUT2D eigenvalue weighted by Gasteiger charge is -2.20. The fourth-order valence-corrected chi connectivity index (χ4v) is 2.47. The maximum atomic E-state index is 3.61. The van der Waals surface area contributed by atoms with Gasteiger partial charge in [-0.25, -0.2) is 0 Å². The van der Waals surface area contributed by atoms with Crippen LogP contribution < -0.4 is 5.32 Å². The quantitative estimate of drug-likeness (QED) is 0.824. The average molecular weight is 281 g/mol. The van der Waals surface area contributed by atoms with Gasteiger partial charge in [0.15, 0.2) is 0 Å². The zero-order chi connectivity index (χ0) is 15.3. The Labute approximate surface area is 129 Å². The van der Waals surface area contributed by atoms with Crippen LogP contribution in [0.1, 0.15) is 50.4 Å². The maximum absolute atomic E-state index is 3.61. The van der Waals surface area contributed by atoms with E-state index in [2.05, 4.69) is 87.6 Å². The highest BCUT2D eigenvalue weighted by atomic mass is 14.9. The molecule has 1 nitrogen and oxygen atoms in total. The summed E-state index contributed by atoms with van der Waals surface area (Å²) >= 11 is 0. The molecule has 21 heavy (non-hydrogen) atoms. The number of hydrogen-bond donors (Lipinski definition) is 1. The molecule has 0 heterocycles. The second-order valence-corrected chi connectivity index (χ2v) is 6.78. The largest absolute Gasteiger partial charge is 0.310 e. The van der Waals surface area contributed by atoms with E-state index in [0.717, 1.165) is 13.0 Å². The van der Waals surface area contributed by atoms with Gasteiger partial charge in [0.05, 0.1) is 0 Å². The van der Waals surface area contributed by atoms with Crippen LogP contribution in [0.2, 0.25) is 0 Å². The number of nitrogens with one attached hydrogen (secondary N) is 1. The van der Waals surface area contributed by atoms with Crippen LogP contribution in [0.4, 0.5) is 0 Å². The molecule has 2 aromatic rings. The molecule has 0 aliphatic heterocycles. The molecule has 0 bridgehead atoms. The molecule has 0 spiro atoms. The van der Waals surface area contributed by atoms with Crippen molar-refractivity contribution in [1.29, 1.82) is 0 Å². The van der Waals surface area contributed by atoms with Crippen LogP contribution in [0.15, 0.2) is 54.6 Å². The van der Waals surface area contributed by atoms with E-state index in [-0.39, 0.29) is 5.41 Å². The Balaban J connectivity index is 1.87. The molecular weight excluding hydrogens is 254 g/mol. The Morgan fingerprint density at radius 1 is 0.905 bits per heavy atom. The van der Waals surface area contributed by atoms with Crippen molar-refractivity contribution >= 4 is 0 Å². The molecule has 0 amide bonds. The van der Waals surface area contributed by atoms with Crippen molar-refractivity contribution in [1.82, 2.24) is 5.32 Å². The van der Waals surface area contributed by atoms with Gasteiger partial charge in [0.1, 0.15) is 0 Å². The summed E-state index contributed by atoms with van der Waals surface area (Å²) in [5.74, 6) is 0. The van der Waals surface area contributed by atoms with Gasteiger partial charge in [0, 0.05) is 6.04 Å². The maximum Gasteiger partial charge on any atom is 0.0291 e. The zero-order valence-corrected chi connectivity index (χ0v) is 13.7. The van der Waals surface area contributed by atoms with Crippen molar-refractivity contribution in [3.05, 3.63) is 71.3 Å². The summed E-state index contributed by atoms with van der Waals surface area (Å²) in [6, 6.07) is 20.0. The first-order valence-corrected chi connectivity index (χ1v) is 7.84. The highest BCUT2D eigenvalue weighted by Gasteiger charge is 2.13. The van der Waals surface area contributed by atoms with Crippen LogP contribution >= 0.6 is 0 Å². The Morgan fingerprint density at radius 2 is 1.52 bits per heavy atom. The lowest BCUT2D eigenvalue weighted by molar-refractivity contribution is 0.571. The lowest BCUT2D eigenvalue weighted by atomic mass is 9.86. The Bertz CT molecular complexity index is 534. The zero-order valence-electron chi connectivity index (χ0n) is 13.7. The van der Waals surface area contributed by atoms with E-state index < -0.39 is 0 Å². The van der Waals surface area contributed by atoms with E-state index in [1.54, 1.807) is 0 Å². The summed E-state index contributed by atoms with van der Waals surface area (Å²) in [7, 11) is 0. The number of benzene rings is 2. The summed E-state index contributed by atoms with van der Waals surface area (Å²) in [4.78, 5) is 0. The summed E-state index contributed by atoms with van der Waals surface area (Å²) in [6.45, 7) is 10.00.